The van der Waals surface area contributed by atoms with Gasteiger partial charge in [0.25, 0.3) is 0 Å². The molecule has 1 fully saturated rings. The summed E-state index contributed by atoms with van der Waals surface area (Å²) in [6.07, 6.45) is 0.0693. The van der Waals surface area contributed by atoms with Crippen molar-refractivity contribution < 1.29 is 14.3 Å². The Morgan fingerprint density at radius 3 is 2.47 bits per heavy atom. The normalized spacial score (nSPS) is 20.6. The highest BCUT2D eigenvalue weighted by Crippen LogP contribution is 2.17. The number of methoxy groups -OCH3 is 2. The fourth-order valence-corrected chi connectivity index (χ4v) is 1.89. The minimum Gasteiger partial charge on any atom is -0.356 e. The third kappa shape index (κ3) is 3.41. The summed E-state index contributed by atoms with van der Waals surface area (Å²) in [4.78, 5) is 13.3. The zero-order valence-electron chi connectivity index (χ0n) is 10.8. The van der Waals surface area contributed by atoms with E-state index in [-0.39, 0.29) is 17.9 Å². The van der Waals surface area contributed by atoms with Crippen molar-refractivity contribution in [1.29, 1.82) is 5.41 Å². The van der Waals surface area contributed by atoms with Gasteiger partial charge >= 0.3 is 6.03 Å². The monoisotopic (exact) mass is 243 g/mol. The molecule has 0 radical (unpaired) electrons. The van der Waals surface area contributed by atoms with E-state index in [9.17, 15) is 4.79 Å². The maximum absolute atomic E-state index is 11.7. The number of hydrogen-bond acceptors (Lipinski definition) is 4. The zero-order valence-corrected chi connectivity index (χ0v) is 10.8. The first-order chi connectivity index (χ1) is 7.99. The first kappa shape index (κ1) is 13.9. The first-order valence-electron chi connectivity index (χ1n) is 5.71. The highest BCUT2D eigenvalue weighted by atomic mass is 16.7. The quantitative estimate of drug-likeness (QED) is 0.684. The second-order valence-electron chi connectivity index (χ2n) is 4.54. The Balaban J connectivity index is 2.71. The molecule has 1 aliphatic heterocycles. The minimum atomic E-state index is -0.400. The lowest BCUT2D eigenvalue weighted by Gasteiger charge is -2.26. The Bertz CT molecular complexity index is 290. The van der Waals surface area contributed by atoms with Crippen LogP contribution in [0.4, 0.5) is 4.79 Å². The second-order valence-corrected chi connectivity index (χ2v) is 4.54. The molecule has 6 heteroatoms. The topological polar surface area (TPSA) is 74.7 Å². The lowest BCUT2D eigenvalue weighted by atomic mass is 10.1. The highest BCUT2D eigenvalue weighted by molar-refractivity contribution is 6.05. The van der Waals surface area contributed by atoms with E-state index in [0.29, 0.717) is 18.9 Å². The van der Waals surface area contributed by atoms with Crippen LogP contribution in [0.15, 0.2) is 0 Å². The number of hydrogen-bond donors (Lipinski definition) is 2. The van der Waals surface area contributed by atoms with Gasteiger partial charge in [0.1, 0.15) is 5.84 Å². The lowest BCUT2D eigenvalue weighted by Crippen LogP contribution is -2.40. The van der Waals surface area contributed by atoms with E-state index in [0.717, 1.165) is 0 Å². The molecule has 17 heavy (non-hydrogen) atoms. The molecule has 0 aromatic carbocycles. The summed E-state index contributed by atoms with van der Waals surface area (Å²) in [6, 6.07) is -0.491. The third-order valence-electron chi connectivity index (χ3n) is 2.72. The van der Waals surface area contributed by atoms with Gasteiger partial charge in [-0.2, -0.15) is 0 Å². The van der Waals surface area contributed by atoms with E-state index in [4.69, 9.17) is 14.9 Å². The van der Waals surface area contributed by atoms with Crippen molar-refractivity contribution in [3.63, 3.8) is 0 Å². The third-order valence-corrected chi connectivity index (χ3v) is 2.72. The molecular formula is C11H21N3O3. The fourth-order valence-electron chi connectivity index (χ4n) is 1.89. The molecule has 0 bridgehead atoms. The van der Waals surface area contributed by atoms with Crippen LogP contribution in [0.5, 0.6) is 0 Å². The number of nitrogens with one attached hydrogen (secondary N) is 2. The summed E-state index contributed by atoms with van der Waals surface area (Å²) >= 11 is 0. The van der Waals surface area contributed by atoms with Crippen molar-refractivity contribution >= 4 is 11.9 Å². The van der Waals surface area contributed by atoms with E-state index in [1.54, 1.807) is 19.1 Å². The Morgan fingerprint density at radius 1 is 1.41 bits per heavy atom. The van der Waals surface area contributed by atoms with Gasteiger partial charge in [0, 0.05) is 27.2 Å². The van der Waals surface area contributed by atoms with Crippen molar-refractivity contribution in [3.8, 4) is 0 Å². The molecule has 1 unspecified atom stereocenters. The smallest absolute Gasteiger partial charge is 0.323 e. The molecule has 1 atom stereocenters. The number of carbonyl (C=O) groups excluding carboxylic acids is 1. The summed E-state index contributed by atoms with van der Waals surface area (Å²) in [6.45, 7) is 4.70. The first-order valence-corrected chi connectivity index (χ1v) is 5.71. The van der Waals surface area contributed by atoms with Crippen molar-refractivity contribution in [3.05, 3.63) is 0 Å². The molecule has 0 aromatic heterocycles. The predicted molar refractivity (Wildman–Crippen MR) is 64.0 cm³/mol. The molecule has 1 heterocycles. The number of carbonyl (C=O) groups is 1. The molecule has 2 amide bonds. The molecule has 1 saturated heterocycles. The van der Waals surface area contributed by atoms with Gasteiger partial charge in [0.15, 0.2) is 6.29 Å². The van der Waals surface area contributed by atoms with Crippen LogP contribution in [0.25, 0.3) is 0 Å². The van der Waals surface area contributed by atoms with Crippen LogP contribution >= 0.6 is 0 Å². The summed E-state index contributed by atoms with van der Waals surface area (Å²) in [5.41, 5.74) is 0. The van der Waals surface area contributed by atoms with Gasteiger partial charge in [0.2, 0.25) is 0 Å². The summed E-state index contributed by atoms with van der Waals surface area (Å²) < 4.78 is 10.2. The molecule has 0 aliphatic carbocycles. The molecular weight excluding hydrogens is 222 g/mol. The van der Waals surface area contributed by atoms with Crippen LogP contribution in [-0.4, -0.2) is 49.9 Å². The van der Waals surface area contributed by atoms with E-state index in [2.05, 4.69) is 5.32 Å². The van der Waals surface area contributed by atoms with Crippen LogP contribution in [0, 0.1) is 11.3 Å². The number of urea groups is 1. The van der Waals surface area contributed by atoms with Gasteiger partial charge in [-0.1, -0.05) is 13.8 Å². The van der Waals surface area contributed by atoms with Gasteiger partial charge < -0.3 is 14.4 Å². The second kappa shape index (κ2) is 5.97. The number of amidine groups is 1. The summed E-state index contributed by atoms with van der Waals surface area (Å²) in [7, 11) is 3.10. The van der Waals surface area contributed by atoms with E-state index >= 15 is 0 Å². The number of nitrogens with zero attached hydrogens (tertiary/aromatic N) is 1. The Hall–Kier alpha value is -1.14. The zero-order chi connectivity index (χ0) is 13.0. The van der Waals surface area contributed by atoms with Gasteiger partial charge in [-0.3, -0.25) is 10.7 Å². The van der Waals surface area contributed by atoms with Gasteiger partial charge in [-0.25, -0.2) is 4.79 Å². The largest absolute Gasteiger partial charge is 0.356 e. The SMILES string of the molecule is COC(CC1C(=N)NC(=O)N1CC(C)C)OC. The van der Waals surface area contributed by atoms with Crippen molar-refractivity contribution in [2.24, 2.45) is 5.92 Å². The number of amides is 2. The summed E-state index contributed by atoms with van der Waals surface area (Å²) in [5, 5.41) is 10.3. The Morgan fingerprint density at radius 2 is 2.00 bits per heavy atom. The average molecular weight is 243 g/mol. The van der Waals surface area contributed by atoms with E-state index in [1.165, 1.54) is 0 Å². The molecule has 98 valence electrons. The van der Waals surface area contributed by atoms with Crippen LogP contribution < -0.4 is 5.32 Å². The fraction of sp³-hybridized carbons (Fsp3) is 0.818. The van der Waals surface area contributed by atoms with Gasteiger partial charge in [-0.05, 0) is 5.92 Å². The molecule has 1 rings (SSSR count). The highest BCUT2D eigenvalue weighted by Gasteiger charge is 2.37. The maximum atomic E-state index is 11.7. The van der Waals surface area contributed by atoms with Gasteiger partial charge in [-0.15, -0.1) is 0 Å². The van der Waals surface area contributed by atoms with E-state index < -0.39 is 6.29 Å². The Kier molecular flexibility index (Phi) is 4.89. The standard InChI is InChI=1S/C11H21N3O3/c1-7(2)6-14-8(5-9(16-3)17-4)10(12)13-11(14)15/h7-9H,5-6H2,1-4H3,(H2,12,13,15). The lowest BCUT2D eigenvalue weighted by molar-refractivity contribution is -0.110. The van der Waals surface area contributed by atoms with Crippen molar-refractivity contribution in [1.82, 2.24) is 10.2 Å². The summed E-state index contributed by atoms with van der Waals surface area (Å²) in [5.74, 6) is 0.576. The molecule has 6 nitrogen and oxygen atoms in total. The predicted octanol–water partition coefficient (Wildman–Crippen LogP) is 1.02. The van der Waals surface area contributed by atoms with Crippen LogP contribution in [0.1, 0.15) is 20.3 Å². The number of ether oxygens (including phenoxy) is 2. The van der Waals surface area contributed by atoms with Crippen molar-refractivity contribution in [2.75, 3.05) is 20.8 Å². The van der Waals surface area contributed by atoms with E-state index in [1.807, 2.05) is 13.8 Å². The average Bonchev–Trinajstić information content (AvgIpc) is 2.51. The van der Waals surface area contributed by atoms with Crippen LogP contribution in [0.2, 0.25) is 0 Å². The minimum absolute atomic E-state index is 0.209. The van der Waals surface area contributed by atoms with Crippen LogP contribution in [0.3, 0.4) is 0 Å². The Labute approximate surface area is 102 Å². The van der Waals surface area contributed by atoms with Crippen LogP contribution in [-0.2, 0) is 9.47 Å². The van der Waals surface area contributed by atoms with Crippen molar-refractivity contribution in [2.45, 2.75) is 32.6 Å². The molecule has 2 N–H and O–H groups in total. The molecule has 1 aliphatic rings. The molecule has 0 saturated carbocycles. The molecule has 0 spiro atoms. The van der Waals surface area contributed by atoms with Gasteiger partial charge in [0.05, 0.1) is 6.04 Å². The molecule has 0 aromatic rings. The number of rotatable bonds is 6. The maximum Gasteiger partial charge on any atom is 0.323 e.